The maximum absolute atomic E-state index is 13.0. The molecule has 0 bridgehead atoms. The first-order chi connectivity index (χ1) is 12.9. The van der Waals surface area contributed by atoms with Crippen LogP contribution in [0.25, 0.3) is 0 Å². The maximum Gasteiger partial charge on any atom is 0.297 e. The minimum atomic E-state index is -4.00. The summed E-state index contributed by atoms with van der Waals surface area (Å²) in [7, 11) is -7.75. The van der Waals surface area contributed by atoms with E-state index in [1.165, 1.54) is 16.4 Å². The van der Waals surface area contributed by atoms with Crippen LogP contribution < -0.4 is 0 Å². The van der Waals surface area contributed by atoms with E-state index < -0.39 is 25.7 Å². The molecule has 8 heteroatoms. The number of nitrogens with zero attached hydrogens (tertiary/aromatic N) is 1. The summed E-state index contributed by atoms with van der Waals surface area (Å²) >= 11 is 0. The van der Waals surface area contributed by atoms with Gasteiger partial charge in [0.25, 0.3) is 10.1 Å². The third-order valence-corrected chi connectivity index (χ3v) is 8.40. The van der Waals surface area contributed by atoms with Crippen molar-refractivity contribution < 1.29 is 21.0 Å². The molecule has 1 aliphatic heterocycles. The Morgan fingerprint density at radius 1 is 0.893 bits per heavy atom. The Kier molecular flexibility index (Phi) is 5.44. The zero-order valence-electron chi connectivity index (χ0n) is 16.4. The third kappa shape index (κ3) is 4.15. The topological polar surface area (TPSA) is 80.8 Å². The Balaban J connectivity index is 1.85. The van der Waals surface area contributed by atoms with Gasteiger partial charge in [-0.1, -0.05) is 35.4 Å². The molecule has 6 nitrogen and oxygen atoms in total. The molecule has 0 saturated carbocycles. The van der Waals surface area contributed by atoms with Crippen molar-refractivity contribution in [2.45, 2.75) is 55.5 Å². The van der Waals surface area contributed by atoms with Gasteiger partial charge in [-0.15, -0.1) is 0 Å². The van der Waals surface area contributed by atoms with E-state index >= 15 is 0 Å². The lowest BCUT2D eigenvalue weighted by molar-refractivity contribution is 0.112. The lowest BCUT2D eigenvalue weighted by atomic mass is 10.0. The second-order valence-corrected chi connectivity index (χ2v) is 11.2. The molecule has 2 atom stereocenters. The van der Waals surface area contributed by atoms with Gasteiger partial charge in [0.2, 0.25) is 10.0 Å². The molecule has 0 spiro atoms. The monoisotopic (exact) mass is 423 g/mol. The quantitative estimate of drug-likeness (QED) is 0.690. The van der Waals surface area contributed by atoms with Gasteiger partial charge in [-0.2, -0.15) is 12.7 Å². The van der Waals surface area contributed by atoms with Crippen molar-refractivity contribution in [3.8, 4) is 0 Å². The van der Waals surface area contributed by atoms with Gasteiger partial charge in [0.15, 0.2) is 0 Å². The molecule has 28 heavy (non-hydrogen) atoms. The zero-order chi connectivity index (χ0) is 20.7. The zero-order valence-corrected chi connectivity index (χ0v) is 18.0. The number of benzene rings is 2. The summed E-state index contributed by atoms with van der Waals surface area (Å²) in [5.41, 5.74) is 0.766. The molecule has 3 rings (SSSR count). The number of hydrogen-bond donors (Lipinski definition) is 0. The standard InChI is InChI=1S/C20H25NO5S2/c1-15-5-9-18(10-6-15)27(22,23)21-14-20(4,13-17(21)3)26-28(24,25)19-11-7-16(2)8-12-19/h5-12,17H,13-14H2,1-4H3. The van der Waals surface area contributed by atoms with Crippen molar-refractivity contribution in [1.29, 1.82) is 0 Å². The molecule has 1 heterocycles. The van der Waals surface area contributed by atoms with E-state index in [9.17, 15) is 16.8 Å². The Labute approximate surface area is 167 Å². The lowest BCUT2D eigenvalue weighted by Gasteiger charge is -2.24. The second-order valence-electron chi connectivity index (χ2n) is 7.72. The van der Waals surface area contributed by atoms with E-state index in [4.69, 9.17) is 4.18 Å². The molecule has 1 fully saturated rings. The van der Waals surface area contributed by atoms with E-state index in [2.05, 4.69) is 0 Å². The summed E-state index contributed by atoms with van der Waals surface area (Å²) in [5.74, 6) is 0. The highest BCUT2D eigenvalue weighted by molar-refractivity contribution is 7.89. The highest BCUT2D eigenvalue weighted by Crippen LogP contribution is 2.36. The summed E-state index contributed by atoms with van der Waals surface area (Å²) in [5, 5.41) is 0. The van der Waals surface area contributed by atoms with Crippen molar-refractivity contribution in [1.82, 2.24) is 4.31 Å². The molecule has 1 saturated heterocycles. The minimum Gasteiger partial charge on any atom is -0.259 e. The molecule has 0 aromatic heterocycles. The Morgan fingerprint density at radius 3 is 1.86 bits per heavy atom. The van der Waals surface area contributed by atoms with Crippen LogP contribution in [0.4, 0.5) is 0 Å². The lowest BCUT2D eigenvalue weighted by Crippen LogP contribution is -2.38. The van der Waals surface area contributed by atoms with E-state index in [-0.39, 0.29) is 28.8 Å². The van der Waals surface area contributed by atoms with Crippen molar-refractivity contribution in [2.24, 2.45) is 0 Å². The van der Waals surface area contributed by atoms with Crippen molar-refractivity contribution in [3.05, 3.63) is 59.7 Å². The highest BCUT2D eigenvalue weighted by Gasteiger charge is 2.47. The maximum atomic E-state index is 13.0. The highest BCUT2D eigenvalue weighted by atomic mass is 32.2. The molecular formula is C20H25NO5S2. The van der Waals surface area contributed by atoms with Gasteiger partial charge in [-0.25, -0.2) is 8.42 Å². The first-order valence-electron chi connectivity index (χ1n) is 9.04. The average molecular weight is 424 g/mol. The summed E-state index contributed by atoms with van der Waals surface area (Å²) in [6, 6.07) is 12.6. The number of hydrogen-bond acceptors (Lipinski definition) is 5. The summed E-state index contributed by atoms with van der Waals surface area (Å²) in [6.07, 6.45) is 0.281. The second kappa shape index (κ2) is 7.26. The number of sulfonamides is 1. The van der Waals surface area contributed by atoms with Gasteiger partial charge in [0.1, 0.15) is 5.60 Å². The van der Waals surface area contributed by atoms with Gasteiger partial charge in [-0.05, 0) is 58.4 Å². The van der Waals surface area contributed by atoms with E-state index in [0.29, 0.717) is 0 Å². The van der Waals surface area contributed by atoms with E-state index in [1.54, 1.807) is 50.2 Å². The van der Waals surface area contributed by atoms with Crippen LogP contribution in [0.1, 0.15) is 31.4 Å². The average Bonchev–Trinajstić information content (AvgIpc) is 2.90. The van der Waals surface area contributed by atoms with Crippen LogP contribution in [-0.4, -0.2) is 39.3 Å². The van der Waals surface area contributed by atoms with Crippen LogP contribution >= 0.6 is 0 Å². The largest absolute Gasteiger partial charge is 0.297 e. The molecule has 1 aliphatic rings. The van der Waals surface area contributed by atoms with Gasteiger partial charge in [0.05, 0.1) is 9.79 Å². The molecule has 152 valence electrons. The van der Waals surface area contributed by atoms with Gasteiger partial charge >= 0.3 is 0 Å². The fourth-order valence-electron chi connectivity index (χ4n) is 3.52. The summed E-state index contributed by atoms with van der Waals surface area (Å²) in [4.78, 5) is 0.252. The molecule has 0 N–H and O–H groups in total. The van der Waals surface area contributed by atoms with Gasteiger partial charge in [0, 0.05) is 12.6 Å². The van der Waals surface area contributed by atoms with Gasteiger partial charge in [-0.3, -0.25) is 4.18 Å². The predicted molar refractivity (Wildman–Crippen MR) is 107 cm³/mol. The van der Waals surface area contributed by atoms with Crippen molar-refractivity contribution in [2.75, 3.05) is 6.54 Å². The third-order valence-electron chi connectivity index (χ3n) is 4.96. The predicted octanol–water partition coefficient (Wildman–Crippen LogP) is 3.25. The normalized spacial score (nSPS) is 23.8. The molecule has 0 aliphatic carbocycles. The molecular weight excluding hydrogens is 398 g/mol. The fraction of sp³-hybridized carbons (Fsp3) is 0.400. The van der Waals surface area contributed by atoms with Crippen LogP contribution in [0, 0.1) is 13.8 Å². The van der Waals surface area contributed by atoms with E-state index in [1.807, 2.05) is 13.8 Å². The molecule has 0 radical (unpaired) electrons. The minimum absolute atomic E-state index is 0.0323. The summed E-state index contributed by atoms with van der Waals surface area (Å²) in [6.45, 7) is 7.12. The first-order valence-corrected chi connectivity index (χ1v) is 11.9. The number of rotatable bonds is 5. The van der Waals surface area contributed by atoms with E-state index in [0.717, 1.165) is 11.1 Å². The summed E-state index contributed by atoms with van der Waals surface area (Å²) < 4.78 is 58.3. The molecule has 2 aromatic carbocycles. The number of aryl methyl sites for hydroxylation is 2. The van der Waals surface area contributed by atoms with Crippen LogP contribution in [-0.2, 0) is 24.3 Å². The molecule has 0 amide bonds. The molecule has 2 unspecified atom stereocenters. The Morgan fingerprint density at radius 2 is 1.36 bits per heavy atom. The SMILES string of the molecule is Cc1ccc(S(=O)(=O)OC2(C)CC(C)N(S(=O)(=O)c3ccc(C)cc3)C2)cc1. The van der Waals surface area contributed by atoms with Crippen molar-refractivity contribution >= 4 is 20.1 Å². The first kappa shape index (κ1) is 21.0. The van der Waals surface area contributed by atoms with Crippen LogP contribution in [0.15, 0.2) is 58.3 Å². The van der Waals surface area contributed by atoms with Crippen LogP contribution in [0.2, 0.25) is 0 Å². The van der Waals surface area contributed by atoms with Crippen LogP contribution in [0.3, 0.4) is 0 Å². The van der Waals surface area contributed by atoms with Gasteiger partial charge < -0.3 is 0 Å². The van der Waals surface area contributed by atoms with Crippen LogP contribution in [0.5, 0.6) is 0 Å². The Hall–Kier alpha value is -1.74. The van der Waals surface area contributed by atoms with Crippen molar-refractivity contribution in [3.63, 3.8) is 0 Å². The Bertz CT molecular complexity index is 1060. The molecule has 2 aromatic rings. The smallest absolute Gasteiger partial charge is 0.259 e. The fourth-order valence-corrected chi connectivity index (χ4v) is 6.48.